The van der Waals surface area contributed by atoms with Crippen LogP contribution in [-0.4, -0.2) is 35.4 Å². The molecular weight excluding hydrogens is 342 g/mol. The van der Waals surface area contributed by atoms with Crippen LogP contribution in [0.1, 0.15) is 31.9 Å². The standard InChI is InChI=1S/C22H27NO4/c1-22(2,3)17-7-9-18(10-8-17)23-14-19(24)15-27-20-11-4-16(5-12-20)6-13-21(25)26/h4-13,19,23-24H,14-15H2,1-3H3,(H,25,26). The van der Waals surface area contributed by atoms with Gasteiger partial charge in [-0.1, -0.05) is 45.0 Å². The third-order valence-corrected chi connectivity index (χ3v) is 4.03. The van der Waals surface area contributed by atoms with Gasteiger partial charge in [-0.05, 0) is 46.9 Å². The highest BCUT2D eigenvalue weighted by molar-refractivity contribution is 5.85. The van der Waals surface area contributed by atoms with Crippen molar-refractivity contribution in [2.24, 2.45) is 0 Å². The van der Waals surface area contributed by atoms with E-state index in [2.05, 4.69) is 38.2 Å². The summed E-state index contributed by atoms with van der Waals surface area (Å²) in [6.45, 7) is 7.06. The predicted octanol–water partition coefficient (Wildman–Crippen LogP) is 3.93. The molecule has 1 unspecified atom stereocenters. The van der Waals surface area contributed by atoms with Crippen LogP contribution in [0.2, 0.25) is 0 Å². The molecule has 0 spiro atoms. The highest BCUT2D eigenvalue weighted by atomic mass is 16.5. The van der Waals surface area contributed by atoms with Crippen molar-refractivity contribution in [3.05, 3.63) is 65.7 Å². The van der Waals surface area contributed by atoms with Gasteiger partial charge in [-0.15, -0.1) is 0 Å². The summed E-state index contributed by atoms with van der Waals surface area (Å²) in [6.07, 6.45) is 1.94. The van der Waals surface area contributed by atoms with Gasteiger partial charge in [-0.25, -0.2) is 4.79 Å². The molecule has 0 heterocycles. The Hall–Kier alpha value is -2.79. The van der Waals surface area contributed by atoms with Gasteiger partial charge in [0, 0.05) is 18.3 Å². The van der Waals surface area contributed by atoms with Gasteiger partial charge in [-0.2, -0.15) is 0 Å². The van der Waals surface area contributed by atoms with Crippen molar-refractivity contribution < 1.29 is 19.7 Å². The average Bonchev–Trinajstić information content (AvgIpc) is 2.63. The summed E-state index contributed by atoms with van der Waals surface area (Å²) in [5.41, 5.74) is 3.10. The second kappa shape index (κ2) is 9.24. The van der Waals surface area contributed by atoms with Crippen molar-refractivity contribution in [3.8, 4) is 5.75 Å². The van der Waals surface area contributed by atoms with Crippen LogP contribution < -0.4 is 10.1 Å². The normalized spacial score (nSPS) is 12.7. The maximum Gasteiger partial charge on any atom is 0.328 e. The molecule has 0 aliphatic carbocycles. The maximum atomic E-state index is 10.5. The molecule has 0 aliphatic rings. The fourth-order valence-electron chi connectivity index (χ4n) is 2.42. The van der Waals surface area contributed by atoms with Crippen molar-refractivity contribution in [2.45, 2.75) is 32.3 Å². The van der Waals surface area contributed by atoms with Gasteiger partial charge in [0.1, 0.15) is 18.5 Å². The molecule has 2 aromatic rings. The van der Waals surface area contributed by atoms with Crippen LogP contribution in [0.15, 0.2) is 54.6 Å². The summed E-state index contributed by atoms with van der Waals surface area (Å²) in [5, 5.41) is 21.9. The van der Waals surface area contributed by atoms with Gasteiger partial charge in [0.25, 0.3) is 0 Å². The molecule has 0 radical (unpaired) electrons. The Morgan fingerprint density at radius 2 is 1.74 bits per heavy atom. The zero-order valence-corrected chi connectivity index (χ0v) is 16.0. The first-order chi connectivity index (χ1) is 12.7. The number of aliphatic carboxylic acids is 1. The fraction of sp³-hybridized carbons (Fsp3) is 0.318. The number of carboxylic acids is 1. The smallest absolute Gasteiger partial charge is 0.328 e. The van der Waals surface area contributed by atoms with E-state index in [1.54, 1.807) is 24.3 Å². The molecule has 27 heavy (non-hydrogen) atoms. The van der Waals surface area contributed by atoms with E-state index in [4.69, 9.17) is 9.84 Å². The minimum Gasteiger partial charge on any atom is -0.491 e. The monoisotopic (exact) mass is 369 g/mol. The zero-order valence-electron chi connectivity index (χ0n) is 16.0. The summed E-state index contributed by atoms with van der Waals surface area (Å²) < 4.78 is 5.57. The van der Waals surface area contributed by atoms with E-state index in [1.165, 1.54) is 11.6 Å². The van der Waals surface area contributed by atoms with Crippen LogP contribution in [-0.2, 0) is 10.2 Å². The molecule has 144 valence electrons. The summed E-state index contributed by atoms with van der Waals surface area (Å²) in [6, 6.07) is 15.2. The second-order valence-corrected chi connectivity index (χ2v) is 7.41. The number of carbonyl (C=O) groups is 1. The molecule has 2 aromatic carbocycles. The van der Waals surface area contributed by atoms with E-state index in [0.29, 0.717) is 12.3 Å². The lowest BCUT2D eigenvalue weighted by Gasteiger charge is -2.19. The summed E-state index contributed by atoms with van der Waals surface area (Å²) in [5.74, 6) is -0.366. The van der Waals surface area contributed by atoms with E-state index < -0.39 is 12.1 Å². The molecule has 0 amide bonds. The molecule has 1 atom stereocenters. The SMILES string of the molecule is CC(C)(C)c1ccc(NCC(O)COc2ccc(C=CC(=O)O)cc2)cc1. The number of aliphatic hydroxyl groups excluding tert-OH is 1. The first-order valence-electron chi connectivity index (χ1n) is 8.90. The molecule has 2 rings (SSSR count). The summed E-state index contributed by atoms with van der Waals surface area (Å²) >= 11 is 0. The molecule has 0 fully saturated rings. The van der Waals surface area contributed by atoms with E-state index in [1.807, 2.05) is 12.1 Å². The Balaban J connectivity index is 1.77. The number of aliphatic hydroxyl groups is 1. The maximum absolute atomic E-state index is 10.5. The van der Waals surface area contributed by atoms with Crippen molar-refractivity contribution in [3.63, 3.8) is 0 Å². The van der Waals surface area contributed by atoms with Crippen molar-refractivity contribution >= 4 is 17.7 Å². The predicted molar refractivity (Wildman–Crippen MR) is 108 cm³/mol. The molecule has 5 nitrogen and oxygen atoms in total. The van der Waals surface area contributed by atoms with Crippen LogP contribution >= 0.6 is 0 Å². The molecule has 5 heteroatoms. The van der Waals surface area contributed by atoms with Crippen LogP contribution in [0.25, 0.3) is 6.08 Å². The molecule has 0 saturated heterocycles. The third-order valence-electron chi connectivity index (χ3n) is 4.03. The Kier molecular flexibility index (Phi) is 7.02. The number of benzene rings is 2. The minimum absolute atomic E-state index is 0.116. The molecule has 0 saturated carbocycles. The van der Waals surface area contributed by atoms with Gasteiger partial charge in [0.2, 0.25) is 0 Å². The first kappa shape index (κ1) is 20.5. The quantitative estimate of drug-likeness (QED) is 0.615. The molecule has 0 aromatic heterocycles. The average molecular weight is 369 g/mol. The van der Waals surface area contributed by atoms with Crippen molar-refractivity contribution in [1.82, 2.24) is 0 Å². The molecule has 0 aliphatic heterocycles. The van der Waals surface area contributed by atoms with Crippen LogP contribution in [0.3, 0.4) is 0 Å². The number of rotatable bonds is 8. The summed E-state index contributed by atoms with van der Waals surface area (Å²) in [7, 11) is 0. The summed E-state index contributed by atoms with van der Waals surface area (Å²) in [4.78, 5) is 10.5. The van der Waals surface area contributed by atoms with E-state index >= 15 is 0 Å². The fourth-order valence-corrected chi connectivity index (χ4v) is 2.42. The lowest BCUT2D eigenvalue weighted by atomic mass is 9.87. The highest BCUT2D eigenvalue weighted by Gasteiger charge is 2.13. The minimum atomic E-state index is -0.987. The van der Waals surface area contributed by atoms with Gasteiger partial charge < -0.3 is 20.3 Å². The van der Waals surface area contributed by atoms with E-state index in [0.717, 1.165) is 17.3 Å². The molecule has 3 N–H and O–H groups in total. The number of hydrogen-bond donors (Lipinski definition) is 3. The Labute approximate surface area is 160 Å². The van der Waals surface area contributed by atoms with Crippen LogP contribution in [0, 0.1) is 0 Å². The lowest BCUT2D eigenvalue weighted by Crippen LogP contribution is -2.26. The first-order valence-corrected chi connectivity index (χ1v) is 8.90. The number of nitrogens with one attached hydrogen (secondary N) is 1. The number of anilines is 1. The van der Waals surface area contributed by atoms with Gasteiger partial charge in [0.15, 0.2) is 0 Å². The largest absolute Gasteiger partial charge is 0.491 e. The van der Waals surface area contributed by atoms with Crippen LogP contribution in [0.5, 0.6) is 5.75 Å². The number of carboxylic acid groups (broad SMARTS) is 1. The second-order valence-electron chi connectivity index (χ2n) is 7.41. The lowest BCUT2D eigenvalue weighted by molar-refractivity contribution is -0.131. The number of hydrogen-bond acceptors (Lipinski definition) is 4. The van der Waals surface area contributed by atoms with Crippen molar-refractivity contribution in [2.75, 3.05) is 18.5 Å². The molecular formula is C22H27NO4. The van der Waals surface area contributed by atoms with Gasteiger partial charge in [0.05, 0.1) is 0 Å². The third kappa shape index (κ3) is 7.15. The van der Waals surface area contributed by atoms with E-state index in [-0.39, 0.29) is 12.0 Å². The van der Waals surface area contributed by atoms with E-state index in [9.17, 15) is 9.90 Å². The topological polar surface area (TPSA) is 78.8 Å². The van der Waals surface area contributed by atoms with Crippen LogP contribution in [0.4, 0.5) is 5.69 Å². The highest BCUT2D eigenvalue weighted by Crippen LogP contribution is 2.23. The Bertz CT molecular complexity index is 758. The van der Waals surface area contributed by atoms with Gasteiger partial charge >= 0.3 is 5.97 Å². The Morgan fingerprint density at radius 3 is 2.30 bits per heavy atom. The van der Waals surface area contributed by atoms with Crippen molar-refractivity contribution in [1.29, 1.82) is 0 Å². The Morgan fingerprint density at radius 1 is 1.11 bits per heavy atom. The molecule has 0 bridgehead atoms. The van der Waals surface area contributed by atoms with Gasteiger partial charge in [-0.3, -0.25) is 0 Å². The number of ether oxygens (including phenoxy) is 1. The zero-order chi connectivity index (χ0) is 19.9.